The van der Waals surface area contributed by atoms with E-state index >= 15 is 0 Å². The molecule has 0 radical (unpaired) electrons. The predicted molar refractivity (Wildman–Crippen MR) is 94.3 cm³/mol. The molecule has 0 spiro atoms. The minimum absolute atomic E-state index is 0.0777. The number of nitrogens with one attached hydrogen (secondary N) is 1. The molecule has 2 amide bonds. The number of amides is 2. The standard InChI is InChI=1S/C16H19ClFN3O2S/c1-5-9(13(17)20(2)3)10-8-21(4)16(23)12(10)15(22)19-11-6-7-24-14(11)18/h5-7,10,12H,1,8H2,2-4H3,(H,19,22)/b13-9+/t10-,12+/m1/s1. The first-order valence-electron chi connectivity index (χ1n) is 7.26. The van der Waals surface area contributed by atoms with Crippen LogP contribution in [0.1, 0.15) is 0 Å². The largest absolute Gasteiger partial charge is 0.368 e. The van der Waals surface area contributed by atoms with Crippen LogP contribution in [-0.4, -0.2) is 49.3 Å². The summed E-state index contributed by atoms with van der Waals surface area (Å²) in [4.78, 5) is 28.2. The van der Waals surface area contributed by atoms with Crippen molar-refractivity contribution < 1.29 is 14.0 Å². The minimum atomic E-state index is -0.976. The third-order valence-corrected chi connectivity index (χ3v) is 5.18. The summed E-state index contributed by atoms with van der Waals surface area (Å²) >= 11 is 7.19. The molecule has 0 saturated carbocycles. The summed E-state index contributed by atoms with van der Waals surface area (Å²) in [5.41, 5.74) is 0.694. The molecule has 8 heteroatoms. The summed E-state index contributed by atoms with van der Waals surface area (Å²) < 4.78 is 13.6. The highest BCUT2D eigenvalue weighted by Crippen LogP contribution is 2.35. The van der Waals surface area contributed by atoms with Gasteiger partial charge in [-0.15, -0.1) is 11.3 Å². The molecule has 1 aromatic rings. The molecular weight excluding hydrogens is 353 g/mol. The molecule has 1 aromatic heterocycles. The van der Waals surface area contributed by atoms with Crippen LogP contribution in [0.2, 0.25) is 0 Å². The van der Waals surface area contributed by atoms with Crippen molar-refractivity contribution in [2.45, 2.75) is 0 Å². The van der Waals surface area contributed by atoms with E-state index in [-0.39, 0.29) is 11.6 Å². The molecular formula is C16H19ClFN3O2S. The molecule has 130 valence electrons. The van der Waals surface area contributed by atoms with Gasteiger partial charge in [-0.05, 0) is 17.0 Å². The van der Waals surface area contributed by atoms with Crippen molar-refractivity contribution in [2.75, 3.05) is 33.0 Å². The first kappa shape index (κ1) is 18.5. The summed E-state index contributed by atoms with van der Waals surface area (Å²) in [7, 11) is 5.16. The van der Waals surface area contributed by atoms with Crippen LogP contribution in [0.25, 0.3) is 0 Å². The Hall–Kier alpha value is -1.86. The number of carbonyl (C=O) groups is 2. The highest BCUT2D eigenvalue weighted by Gasteiger charge is 2.45. The monoisotopic (exact) mass is 371 g/mol. The Morgan fingerprint density at radius 1 is 1.58 bits per heavy atom. The van der Waals surface area contributed by atoms with Crippen LogP contribution in [0.5, 0.6) is 0 Å². The van der Waals surface area contributed by atoms with Gasteiger partial charge >= 0.3 is 0 Å². The van der Waals surface area contributed by atoms with Crippen LogP contribution in [0, 0.1) is 17.0 Å². The van der Waals surface area contributed by atoms with Crippen LogP contribution < -0.4 is 5.32 Å². The van der Waals surface area contributed by atoms with Crippen LogP contribution in [0.15, 0.2) is 34.8 Å². The molecule has 1 fully saturated rings. The van der Waals surface area contributed by atoms with E-state index in [1.807, 2.05) is 0 Å². The van der Waals surface area contributed by atoms with Crippen molar-refractivity contribution >= 4 is 40.4 Å². The molecule has 0 aromatic carbocycles. The van der Waals surface area contributed by atoms with E-state index in [1.165, 1.54) is 16.3 Å². The summed E-state index contributed by atoms with van der Waals surface area (Å²) in [6.45, 7) is 4.10. The molecule has 1 aliphatic heterocycles. The van der Waals surface area contributed by atoms with Gasteiger partial charge in [0.15, 0.2) is 5.13 Å². The van der Waals surface area contributed by atoms with Crippen molar-refractivity contribution in [2.24, 2.45) is 11.8 Å². The lowest BCUT2D eigenvalue weighted by molar-refractivity contribution is -0.135. The van der Waals surface area contributed by atoms with E-state index < -0.39 is 22.9 Å². The van der Waals surface area contributed by atoms with E-state index in [1.54, 1.807) is 32.1 Å². The summed E-state index contributed by atoms with van der Waals surface area (Å²) in [5, 5.41) is 3.95. The molecule has 0 unspecified atom stereocenters. The van der Waals surface area contributed by atoms with Crippen molar-refractivity contribution in [3.8, 4) is 0 Å². The molecule has 0 bridgehead atoms. The smallest absolute Gasteiger partial charge is 0.237 e. The predicted octanol–water partition coefficient (Wildman–Crippen LogP) is 2.73. The minimum Gasteiger partial charge on any atom is -0.368 e. The van der Waals surface area contributed by atoms with E-state index in [0.717, 1.165) is 11.3 Å². The van der Waals surface area contributed by atoms with E-state index in [4.69, 9.17) is 11.6 Å². The summed E-state index contributed by atoms with van der Waals surface area (Å²) in [6, 6.07) is 1.47. The Labute approximate surface area is 149 Å². The second-order valence-electron chi connectivity index (χ2n) is 5.74. The van der Waals surface area contributed by atoms with Crippen molar-refractivity contribution in [3.05, 3.63) is 40.0 Å². The van der Waals surface area contributed by atoms with Crippen LogP contribution >= 0.6 is 22.9 Å². The number of nitrogens with zero attached hydrogens (tertiary/aromatic N) is 2. The van der Waals surface area contributed by atoms with Crippen LogP contribution in [-0.2, 0) is 9.59 Å². The maximum absolute atomic E-state index is 13.6. The number of thiophene rings is 1. The lowest BCUT2D eigenvalue weighted by Crippen LogP contribution is -2.34. The average Bonchev–Trinajstić information content (AvgIpc) is 3.04. The summed E-state index contributed by atoms with van der Waals surface area (Å²) in [5.74, 6) is -2.29. The SMILES string of the molecule is C=C/C(=C(/Cl)N(C)C)[C@H]1CN(C)C(=O)[C@@H]1C(=O)Nc1ccsc1F. The van der Waals surface area contributed by atoms with Crippen molar-refractivity contribution in [1.29, 1.82) is 0 Å². The molecule has 5 nitrogen and oxygen atoms in total. The zero-order chi connectivity index (χ0) is 18.0. The van der Waals surface area contributed by atoms with Gasteiger partial charge in [-0.25, -0.2) is 0 Å². The molecule has 0 aliphatic carbocycles. The van der Waals surface area contributed by atoms with Crippen LogP contribution in [0.4, 0.5) is 10.1 Å². The van der Waals surface area contributed by atoms with Gasteiger partial charge in [0.05, 0.1) is 5.69 Å². The fraction of sp³-hybridized carbons (Fsp3) is 0.375. The van der Waals surface area contributed by atoms with Gasteiger partial charge < -0.3 is 15.1 Å². The first-order chi connectivity index (χ1) is 11.3. The maximum Gasteiger partial charge on any atom is 0.237 e. The topological polar surface area (TPSA) is 52.7 Å². The number of likely N-dealkylation sites (tertiary alicyclic amines) is 1. The lowest BCUT2D eigenvalue weighted by Gasteiger charge is -2.22. The Bertz CT molecular complexity index is 701. The fourth-order valence-corrected chi connectivity index (χ4v) is 3.50. The number of hydrogen-bond acceptors (Lipinski definition) is 4. The van der Waals surface area contributed by atoms with Gasteiger partial charge in [0, 0.05) is 33.6 Å². The second-order valence-corrected chi connectivity index (χ2v) is 6.97. The molecule has 2 heterocycles. The highest BCUT2D eigenvalue weighted by molar-refractivity contribution is 7.08. The van der Waals surface area contributed by atoms with Crippen LogP contribution in [0.3, 0.4) is 0 Å². The third-order valence-electron chi connectivity index (χ3n) is 3.92. The number of hydrogen-bond donors (Lipinski definition) is 1. The number of carbonyl (C=O) groups excluding carboxylic acids is 2. The fourth-order valence-electron chi connectivity index (χ4n) is 2.71. The van der Waals surface area contributed by atoms with Gasteiger partial charge in [0.1, 0.15) is 11.1 Å². The molecule has 1 N–H and O–H groups in total. The quantitative estimate of drug-likeness (QED) is 0.492. The lowest BCUT2D eigenvalue weighted by atomic mass is 9.87. The van der Waals surface area contributed by atoms with E-state index in [9.17, 15) is 14.0 Å². The number of halogens is 2. The molecule has 2 atom stereocenters. The Morgan fingerprint density at radius 2 is 2.25 bits per heavy atom. The van der Waals surface area contributed by atoms with Crippen molar-refractivity contribution in [3.63, 3.8) is 0 Å². The zero-order valence-electron chi connectivity index (χ0n) is 13.7. The molecule has 1 aliphatic rings. The number of anilines is 1. The zero-order valence-corrected chi connectivity index (χ0v) is 15.2. The van der Waals surface area contributed by atoms with E-state index in [0.29, 0.717) is 17.3 Å². The second kappa shape index (κ2) is 7.36. The maximum atomic E-state index is 13.6. The van der Waals surface area contributed by atoms with Gasteiger partial charge in [0.25, 0.3) is 0 Å². The Morgan fingerprint density at radius 3 is 2.75 bits per heavy atom. The Kier molecular flexibility index (Phi) is 5.66. The van der Waals surface area contributed by atoms with Crippen molar-refractivity contribution in [1.82, 2.24) is 9.80 Å². The normalized spacial score (nSPS) is 21.5. The summed E-state index contributed by atoms with van der Waals surface area (Å²) in [6.07, 6.45) is 1.56. The molecule has 1 saturated heterocycles. The first-order valence-corrected chi connectivity index (χ1v) is 8.52. The van der Waals surface area contributed by atoms with E-state index in [2.05, 4.69) is 11.9 Å². The number of rotatable bonds is 5. The molecule has 24 heavy (non-hydrogen) atoms. The Balaban J connectivity index is 2.35. The van der Waals surface area contributed by atoms with Gasteiger partial charge in [0.2, 0.25) is 11.8 Å². The van der Waals surface area contributed by atoms with Gasteiger partial charge in [-0.1, -0.05) is 24.3 Å². The molecule has 2 rings (SSSR count). The van der Waals surface area contributed by atoms with Gasteiger partial charge in [-0.3, -0.25) is 9.59 Å². The average molecular weight is 372 g/mol. The number of allylic oxidation sites excluding steroid dienone is 1. The van der Waals surface area contributed by atoms with Gasteiger partial charge in [-0.2, -0.15) is 4.39 Å². The highest BCUT2D eigenvalue weighted by atomic mass is 35.5. The third kappa shape index (κ3) is 3.47.